The molecule has 0 spiro atoms. The molecule has 0 aromatic carbocycles. The van der Waals surface area contributed by atoms with Gasteiger partial charge in [0.05, 0.1) is 35.4 Å². The highest BCUT2D eigenvalue weighted by Gasteiger charge is 2.32. The molecule has 1 fully saturated rings. The van der Waals surface area contributed by atoms with Gasteiger partial charge in [0.2, 0.25) is 11.9 Å². The van der Waals surface area contributed by atoms with Gasteiger partial charge in [-0.2, -0.15) is 4.39 Å². The zero-order chi connectivity index (χ0) is 25.9. The summed E-state index contributed by atoms with van der Waals surface area (Å²) in [5.74, 6) is -1.66. The number of nitrogens with zero attached hydrogens (tertiary/aromatic N) is 4. The van der Waals surface area contributed by atoms with Crippen molar-refractivity contribution in [3.05, 3.63) is 54.0 Å². The van der Waals surface area contributed by atoms with Gasteiger partial charge in [0.25, 0.3) is 5.91 Å². The van der Waals surface area contributed by atoms with Crippen LogP contribution in [0.25, 0.3) is 16.6 Å². The summed E-state index contributed by atoms with van der Waals surface area (Å²) in [5, 5.41) is 5.92. The summed E-state index contributed by atoms with van der Waals surface area (Å²) in [6.45, 7) is 5.28. The molecule has 3 aromatic heterocycles. The quantitative estimate of drug-likeness (QED) is 0.295. The highest BCUT2D eigenvalue weighted by atomic mass is 19.1. The van der Waals surface area contributed by atoms with Crippen LogP contribution in [0.2, 0.25) is 0 Å². The van der Waals surface area contributed by atoms with Crippen molar-refractivity contribution in [3.8, 4) is 0 Å². The zero-order valence-corrected chi connectivity index (χ0v) is 20.4. The number of hydrogen-bond acceptors (Lipinski definition) is 7. The molecule has 0 atom stereocenters. The summed E-state index contributed by atoms with van der Waals surface area (Å²) in [5.41, 5.74) is 7.90. The first-order valence-corrected chi connectivity index (χ1v) is 11.5. The Kier molecular flexibility index (Phi) is 7.11. The SMILES string of the molecule is CN=C/C(=C\N)c1cc2cc(C(=O)Nc3cc(NC(=O)CN4CCCC4(C)C)cnc3F)cnc2[nH]1. The summed E-state index contributed by atoms with van der Waals surface area (Å²) in [6.07, 6.45) is 7.68. The van der Waals surface area contributed by atoms with Crippen molar-refractivity contribution < 1.29 is 14.0 Å². The number of pyridine rings is 2. The third kappa shape index (κ3) is 5.41. The fourth-order valence-electron chi connectivity index (χ4n) is 4.27. The average Bonchev–Trinajstić information content (AvgIpc) is 3.41. The largest absolute Gasteiger partial charge is 0.404 e. The minimum absolute atomic E-state index is 0.0430. The number of H-pyrrole nitrogens is 1. The number of aromatic nitrogens is 3. The second-order valence-corrected chi connectivity index (χ2v) is 9.26. The van der Waals surface area contributed by atoms with Crippen molar-refractivity contribution in [2.24, 2.45) is 10.7 Å². The molecule has 4 heterocycles. The number of carbonyl (C=O) groups excluding carboxylic acids is 2. The molecule has 1 aliphatic heterocycles. The third-order valence-electron chi connectivity index (χ3n) is 6.27. The number of aromatic amines is 1. The molecule has 2 amide bonds. The first kappa shape index (κ1) is 25.0. The van der Waals surface area contributed by atoms with Gasteiger partial charge in [0.1, 0.15) is 5.65 Å². The van der Waals surface area contributed by atoms with Crippen LogP contribution in [0.3, 0.4) is 0 Å². The van der Waals surface area contributed by atoms with Crippen LogP contribution >= 0.6 is 0 Å². The number of carbonyl (C=O) groups is 2. The Morgan fingerprint density at radius 3 is 2.75 bits per heavy atom. The lowest BCUT2D eigenvalue weighted by Crippen LogP contribution is -2.42. The van der Waals surface area contributed by atoms with E-state index in [1.54, 1.807) is 25.4 Å². The Morgan fingerprint density at radius 1 is 1.25 bits per heavy atom. The van der Waals surface area contributed by atoms with Crippen LogP contribution in [0.4, 0.5) is 15.8 Å². The molecule has 0 radical (unpaired) electrons. The Labute approximate surface area is 207 Å². The number of nitrogens with two attached hydrogens (primary N) is 1. The maximum atomic E-state index is 14.4. The standard InChI is InChI=1S/C25H29FN8O2/c1-25(2)5-4-6-34(25)14-21(35)31-18-9-20(22(26)29-13-18)33-24(36)16-7-15-8-19(17(10-27)11-28-3)32-23(15)30-12-16/h7-13H,4-6,14,27H2,1-3H3,(H,30,32)(H,31,35)(H,33,36)/b17-10+,28-11?. The van der Waals surface area contributed by atoms with Crippen molar-refractivity contribution in [1.29, 1.82) is 0 Å². The number of likely N-dealkylation sites (tertiary alicyclic amines) is 1. The molecule has 0 saturated carbocycles. The highest BCUT2D eigenvalue weighted by Crippen LogP contribution is 2.28. The first-order chi connectivity index (χ1) is 17.2. The maximum Gasteiger partial charge on any atom is 0.257 e. The summed E-state index contributed by atoms with van der Waals surface area (Å²) < 4.78 is 14.4. The molecule has 4 rings (SSSR count). The minimum atomic E-state index is -0.864. The molecule has 0 unspecified atom stereocenters. The molecule has 11 heteroatoms. The second kappa shape index (κ2) is 10.2. The predicted octanol–water partition coefficient (Wildman–Crippen LogP) is 3.16. The van der Waals surface area contributed by atoms with Crippen LogP contribution in [0.15, 0.2) is 41.8 Å². The minimum Gasteiger partial charge on any atom is -0.404 e. The molecule has 5 N–H and O–H groups in total. The summed E-state index contributed by atoms with van der Waals surface area (Å²) in [4.78, 5) is 42.5. The molecule has 188 valence electrons. The van der Waals surface area contributed by atoms with E-state index in [0.29, 0.717) is 22.3 Å². The number of fused-ring (bicyclic) bond motifs is 1. The lowest BCUT2D eigenvalue weighted by atomic mass is 10.0. The average molecular weight is 493 g/mol. The Morgan fingerprint density at radius 2 is 2.06 bits per heavy atom. The van der Waals surface area contributed by atoms with E-state index < -0.39 is 11.9 Å². The van der Waals surface area contributed by atoms with Crippen LogP contribution in [-0.4, -0.2) is 63.6 Å². The fraction of sp³-hybridized carbons (Fsp3) is 0.320. The molecule has 0 aliphatic carbocycles. The number of rotatable bonds is 7. The monoisotopic (exact) mass is 492 g/mol. The van der Waals surface area contributed by atoms with Crippen LogP contribution in [-0.2, 0) is 4.79 Å². The first-order valence-electron chi connectivity index (χ1n) is 11.5. The molecule has 1 saturated heterocycles. The lowest BCUT2D eigenvalue weighted by molar-refractivity contribution is -0.118. The Hall–Kier alpha value is -4.12. The van der Waals surface area contributed by atoms with Gasteiger partial charge < -0.3 is 21.4 Å². The van der Waals surface area contributed by atoms with Gasteiger partial charge in [-0.15, -0.1) is 0 Å². The van der Waals surface area contributed by atoms with Crippen LogP contribution in [0.5, 0.6) is 0 Å². The highest BCUT2D eigenvalue weighted by molar-refractivity contribution is 6.11. The molecule has 0 bridgehead atoms. The van der Waals surface area contributed by atoms with E-state index in [1.165, 1.54) is 24.7 Å². The number of hydrogen-bond donors (Lipinski definition) is 4. The van der Waals surface area contributed by atoms with Crippen LogP contribution < -0.4 is 16.4 Å². The topological polar surface area (TPSA) is 141 Å². The van der Waals surface area contributed by atoms with E-state index in [0.717, 1.165) is 19.4 Å². The van der Waals surface area contributed by atoms with Crippen LogP contribution in [0.1, 0.15) is 42.7 Å². The van der Waals surface area contributed by atoms with E-state index in [2.05, 4.69) is 49.3 Å². The van der Waals surface area contributed by atoms with Gasteiger partial charge in [0.15, 0.2) is 0 Å². The normalized spacial score (nSPS) is 16.1. The fourth-order valence-corrected chi connectivity index (χ4v) is 4.27. The number of allylic oxidation sites excluding steroid dienone is 1. The molecule has 3 aromatic rings. The van der Waals surface area contributed by atoms with E-state index in [9.17, 15) is 14.0 Å². The Bertz CT molecular complexity index is 1360. The van der Waals surface area contributed by atoms with Crippen molar-refractivity contribution in [1.82, 2.24) is 19.9 Å². The summed E-state index contributed by atoms with van der Waals surface area (Å²) >= 11 is 0. The summed E-state index contributed by atoms with van der Waals surface area (Å²) in [6, 6.07) is 4.76. The van der Waals surface area contributed by atoms with Gasteiger partial charge in [-0.05, 0) is 51.4 Å². The molecular weight excluding hydrogens is 463 g/mol. The van der Waals surface area contributed by atoms with Crippen molar-refractivity contribution in [3.63, 3.8) is 0 Å². The van der Waals surface area contributed by atoms with Crippen LogP contribution in [0, 0.1) is 5.95 Å². The number of nitrogens with one attached hydrogen (secondary N) is 3. The number of anilines is 2. The maximum absolute atomic E-state index is 14.4. The second-order valence-electron chi connectivity index (χ2n) is 9.26. The van der Waals surface area contributed by atoms with E-state index in [1.807, 2.05) is 0 Å². The lowest BCUT2D eigenvalue weighted by Gasteiger charge is -2.30. The molecular formula is C25H29FN8O2. The smallest absolute Gasteiger partial charge is 0.257 e. The van der Waals surface area contributed by atoms with Gasteiger partial charge in [-0.1, -0.05) is 0 Å². The van der Waals surface area contributed by atoms with E-state index in [-0.39, 0.29) is 34.9 Å². The van der Waals surface area contributed by atoms with Gasteiger partial charge in [0, 0.05) is 42.2 Å². The third-order valence-corrected chi connectivity index (χ3v) is 6.27. The Balaban J connectivity index is 1.47. The van der Waals surface area contributed by atoms with E-state index in [4.69, 9.17) is 5.73 Å². The van der Waals surface area contributed by atoms with Crippen molar-refractivity contribution in [2.45, 2.75) is 32.2 Å². The zero-order valence-electron chi connectivity index (χ0n) is 20.4. The molecule has 10 nitrogen and oxygen atoms in total. The van der Waals surface area contributed by atoms with E-state index >= 15 is 0 Å². The predicted molar refractivity (Wildman–Crippen MR) is 138 cm³/mol. The molecule has 1 aliphatic rings. The summed E-state index contributed by atoms with van der Waals surface area (Å²) in [7, 11) is 1.63. The number of aliphatic imine (C=N–C) groups is 1. The van der Waals surface area contributed by atoms with Crippen molar-refractivity contribution >= 4 is 46.0 Å². The number of amides is 2. The van der Waals surface area contributed by atoms with Gasteiger partial charge in [-0.25, -0.2) is 9.97 Å². The number of halogens is 1. The van der Waals surface area contributed by atoms with Crippen molar-refractivity contribution in [2.75, 3.05) is 30.8 Å². The molecule has 36 heavy (non-hydrogen) atoms. The van der Waals surface area contributed by atoms with Gasteiger partial charge in [-0.3, -0.25) is 19.5 Å². The van der Waals surface area contributed by atoms with Gasteiger partial charge >= 0.3 is 0 Å².